The number of anilines is 1. The van der Waals surface area contributed by atoms with Crippen LogP contribution in [0.2, 0.25) is 0 Å². The van der Waals surface area contributed by atoms with Gasteiger partial charge in [-0.15, -0.1) is 0 Å². The molecule has 40 heavy (non-hydrogen) atoms. The van der Waals surface area contributed by atoms with Crippen LogP contribution in [0.15, 0.2) is 85.2 Å². The van der Waals surface area contributed by atoms with Gasteiger partial charge in [-0.2, -0.15) is 10.2 Å². The van der Waals surface area contributed by atoms with Crippen LogP contribution < -0.4 is 15.4 Å². The van der Waals surface area contributed by atoms with Crippen molar-refractivity contribution >= 4 is 28.4 Å². The Morgan fingerprint density at radius 1 is 1.02 bits per heavy atom. The third-order valence-corrected chi connectivity index (χ3v) is 6.92. The maximum absolute atomic E-state index is 13.3. The summed E-state index contributed by atoms with van der Waals surface area (Å²) in [4.78, 5) is 25.3. The van der Waals surface area contributed by atoms with Crippen molar-refractivity contribution in [1.82, 2.24) is 19.6 Å². The molecule has 1 saturated heterocycles. The predicted octanol–water partition coefficient (Wildman–Crippen LogP) is 4.81. The zero-order valence-corrected chi connectivity index (χ0v) is 22.4. The third-order valence-electron chi connectivity index (χ3n) is 6.92. The predicted molar refractivity (Wildman–Crippen MR) is 150 cm³/mol. The van der Waals surface area contributed by atoms with Crippen LogP contribution in [0, 0.1) is 11.7 Å². The fourth-order valence-corrected chi connectivity index (χ4v) is 4.86. The maximum Gasteiger partial charge on any atom is 0.269 e. The molecule has 204 valence electrons. The number of ether oxygens (including phenoxy) is 1. The zero-order chi connectivity index (χ0) is 28.4. The van der Waals surface area contributed by atoms with Gasteiger partial charge in [0.15, 0.2) is 0 Å². The van der Waals surface area contributed by atoms with Crippen LogP contribution in [0.1, 0.15) is 35.4 Å². The first-order chi connectivity index (χ1) is 19.2. The summed E-state index contributed by atoms with van der Waals surface area (Å²) in [6.45, 7) is 1.98. The number of amides is 2. The van der Waals surface area contributed by atoms with Gasteiger partial charge in [0.2, 0.25) is 5.91 Å². The molecule has 0 bridgehead atoms. The van der Waals surface area contributed by atoms with E-state index in [0.29, 0.717) is 5.69 Å². The van der Waals surface area contributed by atoms with E-state index in [2.05, 4.69) is 10.2 Å². The van der Waals surface area contributed by atoms with Gasteiger partial charge in [0.1, 0.15) is 17.3 Å². The average molecular weight is 541 g/mol. The van der Waals surface area contributed by atoms with E-state index in [0.717, 1.165) is 40.0 Å². The smallest absolute Gasteiger partial charge is 0.269 e. The second-order valence-electron chi connectivity index (χ2n) is 9.65. The molecule has 2 atom stereocenters. The summed E-state index contributed by atoms with van der Waals surface area (Å²) in [5.74, 6) is 0.0856. The molecule has 10 heteroatoms. The number of benzene rings is 3. The molecule has 5 aromatic rings. The molecule has 0 spiro atoms. The molecule has 1 fully saturated rings. The molecule has 2 N–H and O–H groups in total. The van der Waals surface area contributed by atoms with E-state index in [1.807, 2.05) is 54.3 Å². The number of carbonyl (C=O) groups is 2. The summed E-state index contributed by atoms with van der Waals surface area (Å²) in [6, 6.07) is 21.6. The van der Waals surface area contributed by atoms with E-state index >= 15 is 0 Å². The fourth-order valence-electron chi connectivity index (χ4n) is 4.86. The molecule has 1 aliphatic heterocycles. The van der Waals surface area contributed by atoms with Crippen LogP contribution in [0.3, 0.4) is 0 Å². The highest BCUT2D eigenvalue weighted by Gasteiger charge is 2.38. The summed E-state index contributed by atoms with van der Waals surface area (Å²) in [7, 11) is 3.37. The zero-order valence-electron chi connectivity index (χ0n) is 22.4. The number of halogens is 1. The maximum atomic E-state index is 13.3. The number of nitrogens with two attached hydrogens (primary N) is 1. The molecule has 0 unspecified atom stereocenters. The number of hydrogen-bond acceptors (Lipinski definition) is 5. The van der Waals surface area contributed by atoms with Gasteiger partial charge in [-0.05, 0) is 72.6 Å². The molecule has 0 radical (unpaired) electrons. The van der Waals surface area contributed by atoms with Crippen molar-refractivity contribution in [3.05, 3.63) is 102 Å². The van der Waals surface area contributed by atoms with Crippen molar-refractivity contribution in [2.45, 2.75) is 19.4 Å². The summed E-state index contributed by atoms with van der Waals surface area (Å²) in [5, 5.41) is 9.14. The summed E-state index contributed by atoms with van der Waals surface area (Å²) in [6.07, 6.45) is 4.20. The van der Waals surface area contributed by atoms with Crippen molar-refractivity contribution in [2.24, 2.45) is 18.7 Å². The van der Waals surface area contributed by atoms with Gasteiger partial charge in [-0.1, -0.05) is 19.1 Å². The normalized spacial score (nSPS) is 16.6. The Labute approximate surface area is 230 Å². The quantitative estimate of drug-likeness (QED) is 0.344. The molecule has 0 aliphatic carbocycles. The van der Waals surface area contributed by atoms with Crippen molar-refractivity contribution < 1.29 is 18.7 Å². The molecule has 1 aliphatic rings. The number of methoxy groups -OCH3 is 1. The standard InChI is InChI=1S/C25H22FN3O2.C5H7N3O/c1-16-13-24(17-3-10-22(31-2)11-4-17)28(25(16)30)21-9-12-23-18(14-21)15-27-29(23)20-7-5-19(26)6-8-20;1-8-3-2-4(7-8)5(6)9/h3-12,14-16,24H,13H2,1-2H3;2-3H,1H3,(H2,6,9)/t16-,24-;/m0./s1. The van der Waals surface area contributed by atoms with E-state index in [9.17, 15) is 14.0 Å². The van der Waals surface area contributed by atoms with Gasteiger partial charge < -0.3 is 15.4 Å². The summed E-state index contributed by atoms with van der Waals surface area (Å²) < 4.78 is 21.8. The number of primary amides is 1. The molecule has 9 nitrogen and oxygen atoms in total. The molecule has 3 aromatic carbocycles. The van der Waals surface area contributed by atoms with Crippen LogP contribution >= 0.6 is 0 Å². The Hall–Kier alpha value is -4.99. The summed E-state index contributed by atoms with van der Waals surface area (Å²) in [5.41, 5.74) is 8.83. The molecular weight excluding hydrogens is 511 g/mol. The first-order valence-corrected chi connectivity index (χ1v) is 12.8. The minimum Gasteiger partial charge on any atom is -0.497 e. The van der Waals surface area contributed by atoms with E-state index in [4.69, 9.17) is 10.5 Å². The lowest BCUT2D eigenvalue weighted by Crippen LogP contribution is -2.28. The lowest BCUT2D eigenvalue weighted by Gasteiger charge is -2.25. The minimum atomic E-state index is -0.490. The first-order valence-electron chi connectivity index (χ1n) is 12.8. The van der Waals surface area contributed by atoms with E-state index < -0.39 is 5.91 Å². The highest BCUT2D eigenvalue weighted by atomic mass is 19.1. The monoisotopic (exact) mass is 540 g/mol. The second-order valence-corrected chi connectivity index (χ2v) is 9.65. The van der Waals surface area contributed by atoms with Gasteiger partial charge in [0.25, 0.3) is 5.91 Å². The number of rotatable bonds is 5. The van der Waals surface area contributed by atoms with E-state index in [1.54, 1.807) is 49.4 Å². The topological polar surface area (TPSA) is 108 Å². The van der Waals surface area contributed by atoms with Crippen LogP contribution in [-0.4, -0.2) is 38.5 Å². The van der Waals surface area contributed by atoms with Gasteiger partial charge in [-0.3, -0.25) is 14.3 Å². The van der Waals surface area contributed by atoms with Gasteiger partial charge in [0.05, 0.1) is 30.6 Å². The largest absolute Gasteiger partial charge is 0.497 e. The number of aryl methyl sites for hydroxylation is 1. The molecule has 3 heterocycles. The number of carbonyl (C=O) groups excluding carboxylic acids is 2. The van der Waals surface area contributed by atoms with Gasteiger partial charge >= 0.3 is 0 Å². The lowest BCUT2D eigenvalue weighted by atomic mass is 10.0. The Kier molecular flexibility index (Phi) is 7.33. The Balaban J connectivity index is 0.000000306. The Bertz CT molecular complexity index is 1660. The van der Waals surface area contributed by atoms with Crippen molar-refractivity contribution in [3.8, 4) is 11.4 Å². The Morgan fingerprint density at radius 2 is 1.73 bits per heavy atom. The van der Waals surface area contributed by atoms with Crippen LogP contribution in [0.5, 0.6) is 5.75 Å². The lowest BCUT2D eigenvalue weighted by molar-refractivity contribution is -0.120. The Morgan fingerprint density at radius 3 is 2.33 bits per heavy atom. The minimum absolute atomic E-state index is 0.0296. The molecular formula is C30H29FN6O3. The van der Waals surface area contributed by atoms with Crippen molar-refractivity contribution in [1.29, 1.82) is 0 Å². The van der Waals surface area contributed by atoms with Crippen LogP contribution in [0.4, 0.5) is 10.1 Å². The number of aromatic nitrogens is 4. The first kappa shape index (κ1) is 26.6. The number of fused-ring (bicyclic) bond motifs is 1. The molecule has 0 saturated carbocycles. The van der Waals surface area contributed by atoms with E-state index in [1.165, 1.54) is 16.8 Å². The highest BCUT2D eigenvalue weighted by Crippen LogP contribution is 2.41. The third kappa shape index (κ3) is 5.28. The van der Waals surface area contributed by atoms with E-state index in [-0.39, 0.29) is 23.7 Å². The second kappa shape index (κ2) is 11.0. The molecule has 2 amide bonds. The van der Waals surface area contributed by atoms with Crippen molar-refractivity contribution in [2.75, 3.05) is 12.0 Å². The SMILES string of the molecule is COc1ccc([C@@H]2C[C@H](C)C(=O)N2c2ccc3c(cnn3-c3ccc(F)cc3)c2)cc1.Cn1ccc(C(N)=O)n1. The van der Waals surface area contributed by atoms with Crippen LogP contribution in [0.25, 0.3) is 16.6 Å². The number of nitrogens with zero attached hydrogens (tertiary/aromatic N) is 5. The van der Waals surface area contributed by atoms with Crippen molar-refractivity contribution in [3.63, 3.8) is 0 Å². The fraction of sp³-hybridized carbons (Fsp3) is 0.200. The highest BCUT2D eigenvalue weighted by molar-refractivity contribution is 6.00. The van der Waals surface area contributed by atoms with Gasteiger partial charge in [0, 0.05) is 30.2 Å². The van der Waals surface area contributed by atoms with Gasteiger partial charge in [-0.25, -0.2) is 9.07 Å². The average Bonchev–Trinajstić information content (AvgIpc) is 3.66. The molecule has 6 rings (SSSR count). The number of hydrogen-bond donors (Lipinski definition) is 1. The summed E-state index contributed by atoms with van der Waals surface area (Å²) >= 11 is 0. The van der Waals surface area contributed by atoms with Crippen LogP contribution in [-0.2, 0) is 11.8 Å². The molecule has 2 aromatic heterocycles.